The third kappa shape index (κ3) is 3.52. The zero-order valence-electron chi connectivity index (χ0n) is 16.6. The number of para-hydroxylation sites is 1. The minimum Gasteiger partial charge on any atom is -0.459 e. The molecular weight excluding hydrogens is 408 g/mol. The van der Waals surface area contributed by atoms with Gasteiger partial charge in [-0.15, -0.1) is 0 Å². The van der Waals surface area contributed by atoms with E-state index in [-0.39, 0.29) is 23.1 Å². The maximum Gasteiger partial charge on any atom is 0.291 e. The van der Waals surface area contributed by atoms with Gasteiger partial charge in [0, 0.05) is 11.8 Å². The Morgan fingerprint density at radius 2 is 1.56 bits per heavy atom. The van der Waals surface area contributed by atoms with Crippen LogP contribution in [0.3, 0.4) is 0 Å². The number of nitrogens with zero attached hydrogens (tertiary/aromatic N) is 1. The van der Waals surface area contributed by atoms with Crippen LogP contribution in [-0.4, -0.2) is 17.7 Å². The van der Waals surface area contributed by atoms with Crippen molar-refractivity contribution in [1.82, 2.24) is 0 Å². The van der Waals surface area contributed by atoms with Gasteiger partial charge in [0.2, 0.25) is 0 Å². The van der Waals surface area contributed by atoms with Crippen molar-refractivity contribution in [2.24, 2.45) is 0 Å². The summed E-state index contributed by atoms with van der Waals surface area (Å²) in [5, 5.41) is 2.73. The number of carbonyl (C=O) groups excluding carboxylic acids is 3. The monoisotopic (exact) mass is 424 g/mol. The average molecular weight is 424 g/mol. The number of amides is 3. The topological polar surface area (TPSA) is 88.9 Å². The van der Waals surface area contributed by atoms with Crippen LogP contribution in [-0.2, 0) is 0 Å². The number of hydrogen-bond acceptors (Lipinski definition) is 5. The lowest BCUT2D eigenvalue weighted by Crippen LogP contribution is -2.29. The molecule has 0 bridgehead atoms. The Kier molecular flexibility index (Phi) is 4.76. The van der Waals surface area contributed by atoms with E-state index in [0.29, 0.717) is 28.4 Å². The number of anilines is 2. The number of rotatable bonds is 5. The molecule has 32 heavy (non-hydrogen) atoms. The summed E-state index contributed by atoms with van der Waals surface area (Å²) in [4.78, 5) is 39.0. The minimum absolute atomic E-state index is 0.195. The van der Waals surface area contributed by atoms with Crippen LogP contribution in [0.1, 0.15) is 31.3 Å². The lowest BCUT2D eigenvalue weighted by Gasteiger charge is -2.13. The van der Waals surface area contributed by atoms with Crippen molar-refractivity contribution in [3.63, 3.8) is 0 Å². The van der Waals surface area contributed by atoms with E-state index in [1.807, 2.05) is 6.07 Å². The number of imide groups is 1. The van der Waals surface area contributed by atoms with Crippen molar-refractivity contribution >= 4 is 29.1 Å². The zero-order chi connectivity index (χ0) is 22.1. The molecule has 7 heteroatoms. The predicted molar refractivity (Wildman–Crippen MR) is 117 cm³/mol. The van der Waals surface area contributed by atoms with E-state index < -0.39 is 5.91 Å². The highest BCUT2D eigenvalue weighted by molar-refractivity contribution is 6.34. The van der Waals surface area contributed by atoms with Crippen LogP contribution >= 0.6 is 0 Å². The molecule has 5 rings (SSSR count). The molecule has 0 aliphatic carbocycles. The smallest absolute Gasteiger partial charge is 0.291 e. The van der Waals surface area contributed by atoms with Crippen LogP contribution in [0, 0.1) is 0 Å². The third-order valence-electron chi connectivity index (χ3n) is 4.94. The van der Waals surface area contributed by atoms with Gasteiger partial charge in [-0.1, -0.05) is 24.3 Å². The Hall–Kier alpha value is -4.65. The average Bonchev–Trinajstić information content (AvgIpc) is 3.42. The highest BCUT2D eigenvalue weighted by Gasteiger charge is 2.36. The van der Waals surface area contributed by atoms with Crippen molar-refractivity contribution in [2.45, 2.75) is 0 Å². The van der Waals surface area contributed by atoms with Gasteiger partial charge >= 0.3 is 0 Å². The Morgan fingerprint density at radius 3 is 2.34 bits per heavy atom. The fourth-order valence-corrected chi connectivity index (χ4v) is 3.47. The van der Waals surface area contributed by atoms with Crippen molar-refractivity contribution in [3.05, 3.63) is 108 Å². The molecule has 0 saturated carbocycles. The summed E-state index contributed by atoms with van der Waals surface area (Å²) in [5.41, 5.74) is 1.64. The second kappa shape index (κ2) is 7.88. The second-order valence-electron chi connectivity index (χ2n) is 7.05. The molecule has 0 atom stereocenters. The minimum atomic E-state index is -0.402. The number of furan rings is 1. The highest BCUT2D eigenvalue weighted by atomic mass is 16.5. The van der Waals surface area contributed by atoms with Crippen molar-refractivity contribution in [1.29, 1.82) is 0 Å². The van der Waals surface area contributed by atoms with E-state index in [4.69, 9.17) is 9.15 Å². The number of fused-ring (bicyclic) bond motifs is 1. The molecule has 1 aliphatic heterocycles. The number of carbonyl (C=O) groups is 3. The van der Waals surface area contributed by atoms with E-state index in [9.17, 15) is 14.4 Å². The van der Waals surface area contributed by atoms with Gasteiger partial charge in [0.15, 0.2) is 5.76 Å². The molecule has 0 spiro atoms. The van der Waals surface area contributed by atoms with E-state index >= 15 is 0 Å². The fourth-order valence-electron chi connectivity index (χ4n) is 3.47. The zero-order valence-corrected chi connectivity index (χ0v) is 16.6. The molecule has 3 aromatic carbocycles. The summed E-state index contributed by atoms with van der Waals surface area (Å²) in [5.74, 6) is -0.101. The standard InChI is InChI=1S/C25H16N2O5/c28-23(22-10-5-13-31-22)26-16-6-4-9-18(14-16)32-19-11-12-20-21(15-19)25(30)27(24(20)29)17-7-2-1-3-8-17/h1-15H,(H,26,28). The summed E-state index contributed by atoms with van der Waals surface area (Å²) < 4.78 is 11.0. The maximum atomic E-state index is 12.9. The number of hydrogen-bond donors (Lipinski definition) is 1. The molecule has 0 radical (unpaired) electrons. The van der Waals surface area contributed by atoms with Gasteiger partial charge in [-0.25, -0.2) is 4.90 Å². The summed E-state index contributed by atoms with van der Waals surface area (Å²) in [6, 6.07) is 23.6. The molecule has 0 saturated heterocycles. The molecule has 3 amide bonds. The summed E-state index contributed by atoms with van der Waals surface area (Å²) in [6.07, 6.45) is 1.42. The molecule has 156 valence electrons. The Labute approximate surface area is 182 Å². The molecule has 0 fully saturated rings. The lowest BCUT2D eigenvalue weighted by molar-refractivity contribution is 0.0924. The number of ether oxygens (including phenoxy) is 1. The van der Waals surface area contributed by atoms with Gasteiger partial charge in [-0.05, 0) is 54.6 Å². The summed E-state index contributed by atoms with van der Waals surface area (Å²) in [6.45, 7) is 0. The largest absolute Gasteiger partial charge is 0.459 e. The van der Waals surface area contributed by atoms with Crippen LogP contribution in [0.15, 0.2) is 95.6 Å². The molecule has 2 heterocycles. The first-order valence-electron chi connectivity index (χ1n) is 9.81. The fraction of sp³-hybridized carbons (Fsp3) is 0. The van der Waals surface area contributed by atoms with E-state index in [2.05, 4.69) is 5.32 Å². The second-order valence-corrected chi connectivity index (χ2v) is 7.05. The Balaban J connectivity index is 1.36. The van der Waals surface area contributed by atoms with Crippen molar-refractivity contribution in [2.75, 3.05) is 10.2 Å². The normalized spacial score (nSPS) is 12.6. The number of nitrogens with one attached hydrogen (secondary N) is 1. The van der Waals surface area contributed by atoms with Gasteiger partial charge < -0.3 is 14.5 Å². The summed E-state index contributed by atoms with van der Waals surface area (Å²) >= 11 is 0. The van der Waals surface area contributed by atoms with E-state index in [1.54, 1.807) is 78.9 Å². The molecule has 7 nitrogen and oxygen atoms in total. The molecule has 1 aliphatic rings. The maximum absolute atomic E-state index is 12.9. The lowest BCUT2D eigenvalue weighted by atomic mass is 10.1. The Bertz CT molecular complexity index is 1330. The highest BCUT2D eigenvalue weighted by Crippen LogP contribution is 2.32. The van der Waals surface area contributed by atoms with Crippen LogP contribution in [0.2, 0.25) is 0 Å². The molecule has 1 aromatic heterocycles. The SMILES string of the molecule is O=C(Nc1cccc(Oc2ccc3c(c2)C(=O)N(c2ccccc2)C3=O)c1)c1ccco1. The van der Waals surface area contributed by atoms with Crippen LogP contribution in [0.5, 0.6) is 11.5 Å². The molecular formula is C25H16N2O5. The van der Waals surface area contributed by atoms with E-state index in [1.165, 1.54) is 6.26 Å². The van der Waals surface area contributed by atoms with Gasteiger partial charge in [-0.3, -0.25) is 14.4 Å². The molecule has 0 unspecified atom stereocenters. The summed E-state index contributed by atoms with van der Waals surface area (Å²) in [7, 11) is 0. The predicted octanol–water partition coefficient (Wildman–Crippen LogP) is 5.12. The molecule has 1 N–H and O–H groups in total. The van der Waals surface area contributed by atoms with Gasteiger partial charge in [0.05, 0.1) is 23.1 Å². The van der Waals surface area contributed by atoms with Crippen molar-refractivity contribution in [3.8, 4) is 11.5 Å². The van der Waals surface area contributed by atoms with Crippen LogP contribution in [0.25, 0.3) is 0 Å². The molecule has 4 aromatic rings. The van der Waals surface area contributed by atoms with Gasteiger partial charge in [-0.2, -0.15) is 0 Å². The third-order valence-corrected chi connectivity index (χ3v) is 4.94. The van der Waals surface area contributed by atoms with Crippen molar-refractivity contribution < 1.29 is 23.5 Å². The quantitative estimate of drug-likeness (QED) is 0.449. The van der Waals surface area contributed by atoms with Gasteiger partial charge in [0.25, 0.3) is 17.7 Å². The number of benzene rings is 3. The first-order valence-corrected chi connectivity index (χ1v) is 9.81. The van der Waals surface area contributed by atoms with Crippen LogP contribution in [0.4, 0.5) is 11.4 Å². The van der Waals surface area contributed by atoms with Crippen LogP contribution < -0.4 is 15.0 Å². The first kappa shape index (κ1) is 19.3. The Morgan fingerprint density at radius 1 is 0.781 bits per heavy atom. The first-order chi connectivity index (χ1) is 15.6. The van der Waals surface area contributed by atoms with E-state index in [0.717, 1.165) is 4.90 Å². The van der Waals surface area contributed by atoms with Gasteiger partial charge in [0.1, 0.15) is 11.5 Å².